The standard InChI is InChI=1S/C25H28O3/c1-25(2,3)18-10-11-19-17(14-18)15-20(16-8-6-5-7-9-16)23(19)21-12-13-22(28-21)24(26)27-4/h5-9,12-13,15,18,23H,10-11,14H2,1-4H3. The normalized spacial score (nSPS) is 22.1. The van der Waals surface area contributed by atoms with Gasteiger partial charge in [-0.2, -0.15) is 0 Å². The Morgan fingerprint density at radius 2 is 1.86 bits per heavy atom. The Kier molecular flexibility index (Phi) is 4.78. The van der Waals surface area contributed by atoms with E-state index in [4.69, 9.17) is 9.15 Å². The fourth-order valence-electron chi connectivity index (χ4n) is 4.59. The number of rotatable bonds is 3. The number of allylic oxidation sites excluding steroid dienone is 4. The molecule has 1 heterocycles. The third-order valence-electron chi connectivity index (χ3n) is 6.26. The molecular formula is C25H28O3. The summed E-state index contributed by atoms with van der Waals surface area (Å²) >= 11 is 0. The van der Waals surface area contributed by atoms with Gasteiger partial charge < -0.3 is 9.15 Å². The van der Waals surface area contributed by atoms with E-state index in [1.54, 1.807) is 6.07 Å². The summed E-state index contributed by atoms with van der Waals surface area (Å²) in [5, 5.41) is 0. The fourth-order valence-corrected chi connectivity index (χ4v) is 4.59. The quantitative estimate of drug-likeness (QED) is 0.583. The first kappa shape index (κ1) is 18.8. The van der Waals surface area contributed by atoms with Gasteiger partial charge in [-0.1, -0.05) is 62.8 Å². The summed E-state index contributed by atoms with van der Waals surface area (Å²) < 4.78 is 10.8. The third kappa shape index (κ3) is 3.34. The largest absolute Gasteiger partial charge is 0.463 e. The number of methoxy groups -OCH3 is 1. The fraction of sp³-hybridized carbons (Fsp3) is 0.400. The smallest absolute Gasteiger partial charge is 0.373 e. The molecule has 0 amide bonds. The Hall–Kier alpha value is -2.55. The van der Waals surface area contributed by atoms with Gasteiger partial charge in [0.2, 0.25) is 5.76 Å². The molecular weight excluding hydrogens is 348 g/mol. The lowest BCUT2D eigenvalue weighted by atomic mass is 9.70. The first-order valence-corrected chi connectivity index (χ1v) is 10.1. The summed E-state index contributed by atoms with van der Waals surface area (Å²) in [6.07, 6.45) is 5.74. The second-order valence-corrected chi connectivity index (χ2v) is 8.95. The average Bonchev–Trinajstić information content (AvgIpc) is 3.31. The predicted octanol–water partition coefficient (Wildman–Crippen LogP) is 6.39. The molecule has 3 nitrogen and oxygen atoms in total. The lowest BCUT2D eigenvalue weighted by Crippen LogP contribution is -2.24. The van der Waals surface area contributed by atoms with E-state index < -0.39 is 5.97 Å². The summed E-state index contributed by atoms with van der Waals surface area (Å²) in [5.41, 5.74) is 5.69. The summed E-state index contributed by atoms with van der Waals surface area (Å²) in [7, 11) is 1.38. The Morgan fingerprint density at radius 3 is 2.54 bits per heavy atom. The molecule has 2 atom stereocenters. The summed E-state index contributed by atoms with van der Waals surface area (Å²) in [6.45, 7) is 7.02. The number of carbonyl (C=O) groups is 1. The van der Waals surface area contributed by atoms with Gasteiger partial charge in [0.25, 0.3) is 0 Å². The molecule has 0 saturated carbocycles. The zero-order chi connectivity index (χ0) is 19.9. The lowest BCUT2D eigenvalue weighted by molar-refractivity contribution is 0.0563. The van der Waals surface area contributed by atoms with Crippen molar-refractivity contribution in [2.75, 3.05) is 7.11 Å². The van der Waals surface area contributed by atoms with Crippen LogP contribution in [0.5, 0.6) is 0 Å². The first-order valence-electron chi connectivity index (χ1n) is 10.1. The van der Waals surface area contributed by atoms with Gasteiger partial charge in [-0.05, 0) is 59.4 Å². The van der Waals surface area contributed by atoms with Crippen molar-refractivity contribution in [2.45, 2.75) is 46.0 Å². The highest BCUT2D eigenvalue weighted by atomic mass is 16.5. The molecule has 28 heavy (non-hydrogen) atoms. The maximum Gasteiger partial charge on any atom is 0.373 e. The maximum atomic E-state index is 11.9. The zero-order valence-corrected chi connectivity index (χ0v) is 17.1. The molecule has 1 aromatic carbocycles. The van der Waals surface area contributed by atoms with Crippen molar-refractivity contribution in [3.05, 3.63) is 76.8 Å². The first-order chi connectivity index (χ1) is 13.4. The summed E-state index contributed by atoms with van der Waals surface area (Å²) in [5.74, 6) is 1.43. The van der Waals surface area contributed by atoms with E-state index in [1.807, 2.05) is 12.1 Å². The molecule has 0 spiro atoms. The maximum absolute atomic E-state index is 11.9. The van der Waals surface area contributed by atoms with Crippen LogP contribution in [-0.4, -0.2) is 13.1 Å². The number of hydrogen-bond donors (Lipinski definition) is 0. The van der Waals surface area contributed by atoms with Crippen LogP contribution in [0.25, 0.3) is 5.57 Å². The van der Waals surface area contributed by atoms with Crippen LogP contribution in [0.15, 0.2) is 64.1 Å². The Labute approximate surface area is 167 Å². The summed E-state index contributed by atoms with van der Waals surface area (Å²) in [6, 6.07) is 14.2. The Bertz CT molecular complexity index is 938. The van der Waals surface area contributed by atoms with Gasteiger partial charge in [0.1, 0.15) is 5.76 Å². The van der Waals surface area contributed by atoms with E-state index in [1.165, 1.54) is 35.8 Å². The highest BCUT2D eigenvalue weighted by Gasteiger charge is 2.38. The van der Waals surface area contributed by atoms with Gasteiger partial charge in [0.15, 0.2) is 0 Å². The van der Waals surface area contributed by atoms with Crippen LogP contribution >= 0.6 is 0 Å². The number of esters is 1. The van der Waals surface area contributed by atoms with E-state index >= 15 is 0 Å². The van der Waals surface area contributed by atoms with Crippen molar-refractivity contribution in [3.63, 3.8) is 0 Å². The van der Waals surface area contributed by atoms with Gasteiger partial charge in [0, 0.05) is 0 Å². The second-order valence-electron chi connectivity index (χ2n) is 8.95. The SMILES string of the molecule is COC(=O)c1ccc(C2C(c3ccccc3)=CC3=C2CCC(C(C)(C)C)C3)o1. The molecule has 2 unspecified atom stereocenters. The van der Waals surface area contributed by atoms with Crippen molar-refractivity contribution in [1.29, 1.82) is 0 Å². The van der Waals surface area contributed by atoms with Gasteiger partial charge in [-0.25, -0.2) is 4.79 Å². The topological polar surface area (TPSA) is 39.4 Å². The van der Waals surface area contributed by atoms with Crippen molar-refractivity contribution in [2.24, 2.45) is 11.3 Å². The minimum absolute atomic E-state index is 0.0803. The molecule has 0 saturated heterocycles. The molecule has 2 aliphatic carbocycles. The van der Waals surface area contributed by atoms with E-state index in [9.17, 15) is 4.79 Å². The number of ether oxygens (including phenoxy) is 1. The highest BCUT2D eigenvalue weighted by molar-refractivity contribution is 5.87. The van der Waals surface area contributed by atoms with Crippen LogP contribution in [0.1, 0.15) is 67.8 Å². The van der Waals surface area contributed by atoms with Crippen LogP contribution in [0.2, 0.25) is 0 Å². The zero-order valence-electron chi connectivity index (χ0n) is 17.1. The highest BCUT2D eigenvalue weighted by Crippen LogP contribution is 2.53. The molecule has 1 aromatic heterocycles. The Morgan fingerprint density at radius 1 is 1.11 bits per heavy atom. The minimum atomic E-state index is -0.430. The van der Waals surface area contributed by atoms with Gasteiger partial charge in [0.05, 0.1) is 13.0 Å². The molecule has 146 valence electrons. The lowest BCUT2D eigenvalue weighted by Gasteiger charge is -2.35. The van der Waals surface area contributed by atoms with E-state index in [-0.39, 0.29) is 11.7 Å². The van der Waals surface area contributed by atoms with Crippen LogP contribution < -0.4 is 0 Å². The third-order valence-corrected chi connectivity index (χ3v) is 6.26. The molecule has 4 rings (SSSR count). The van der Waals surface area contributed by atoms with Crippen molar-refractivity contribution >= 4 is 11.5 Å². The van der Waals surface area contributed by atoms with Crippen LogP contribution in [0, 0.1) is 11.3 Å². The van der Waals surface area contributed by atoms with Crippen LogP contribution in [-0.2, 0) is 4.74 Å². The van der Waals surface area contributed by atoms with Gasteiger partial charge in [-0.15, -0.1) is 0 Å². The summed E-state index contributed by atoms with van der Waals surface area (Å²) in [4.78, 5) is 11.9. The molecule has 3 heteroatoms. The second kappa shape index (κ2) is 7.12. The van der Waals surface area contributed by atoms with Gasteiger partial charge >= 0.3 is 5.97 Å². The molecule has 2 aromatic rings. The number of carbonyl (C=O) groups excluding carboxylic acids is 1. The molecule has 2 aliphatic rings. The number of furan rings is 1. The van der Waals surface area contributed by atoms with Crippen molar-refractivity contribution in [1.82, 2.24) is 0 Å². The Balaban J connectivity index is 1.75. The monoisotopic (exact) mass is 376 g/mol. The van der Waals surface area contributed by atoms with Crippen molar-refractivity contribution < 1.29 is 13.9 Å². The van der Waals surface area contributed by atoms with Gasteiger partial charge in [-0.3, -0.25) is 0 Å². The molecule has 0 aliphatic heterocycles. The molecule has 0 radical (unpaired) electrons. The predicted molar refractivity (Wildman–Crippen MR) is 111 cm³/mol. The average molecular weight is 376 g/mol. The number of benzene rings is 1. The minimum Gasteiger partial charge on any atom is -0.463 e. The number of hydrogen-bond acceptors (Lipinski definition) is 3. The van der Waals surface area contributed by atoms with E-state index in [0.717, 1.165) is 18.6 Å². The van der Waals surface area contributed by atoms with Crippen LogP contribution in [0.4, 0.5) is 0 Å². The molecule has 0 N–H and O–H groups in total. The van der Waals surface area contributed by atoms with Crippen molar-refractivity contribution in [3.8, 4) is 0 Å². The van der Waals surface area contributed by atoms with Crippen LogP contribution in [0.3, 0.4) is 0 Å². The van der Waals surface area contributed by atoms with E-state index in [0.29, 0.717) is 11.3 Å². The molecule has 0 bridgehead atoms. The molecule has 0 fully saturated rings. The van der Waals surface area contributed by atoms with E-state index in [2.05, 4.69) is 51.1 Å².